The predicted molar refractivity (Wildman–Crippen MR) is 80.3 cm³/mol. The van der Waals surface area contributed by atoms with Crippen molar-refractivity contribution in [3.8, 4) is 0 Å². The summed E-state index contributed by atoms with van der Waals surface area (Å²) in [6.07, 6.45) is 2.13. The van der Waals surface area contributed by atoms with Crippen molar-refractivity contribution in [2.45, 2.75) is 19.3 Å². The fraction of sp³-hybridized carbons (Fsp3) is 0.571. The van der Waals surface area contributed by atoms with Crippen molar-refractivity contribution in [1.29, 1.82) is 0 Å². The Bertz CT molecular complexity index is 704. The first-order valence-electron chi connectivity index (χ1n) is 7.49. The highest BCUT2D eigenvalue weighted by Gasteiger charge is 2.28. The van der Waals surface area contributed by atoms with Crippen LogP contribution >= 0.6 is 0 Å². The minimum absolute atomic E-state index is 0.316. The average molecular weight is 324 g/mol. The van der Waals surface area contributed by atoms with E-state index in [1.807, 2.05) is 4.90 Å². The normalized spacial score (nSPS) is 18.6. The standard InChI is InChI=1S/C14H18F2N6O/c1-21-12-10(5-20-21)13(19-8-18-12)22-4-2-3-9(7-22)14(23)17-6-11(15)16/h5,8-9,11H,2-4,6-7H2,1H3,(H,17,23). The lowest BCUT2D eigenvalue weighted by Crippen LogP contribution is -2.44. The van der Waals surface area contributed by atoms with Gasteiger partial charge >= 0.3 is 0 Å². The fourth-order valence-corrected chi connectivity index (χ4v) is 2.91. The highest BCUT2D eigenvalue weighted by Crippen LogP contribution is 2.27. The topological polar surface area (TPSA) is 75.9 Å². The largest absolute Gasteiger partial charge is 0.355 e. The molecule has 124 valence electrons. The highest BCUT2D eigenvalue weighted by molar-refractivity contribution is 5.87. The number of rotatable bonds is 4. The SMILES string of the molecule is Cn1ncc2c(N3CCCC(C(=O)NCC(F)F)C3)ncnc21. The van der Waals surface area contributed by atoms with Crippen LogP contribution in [0.4, 0.5) is 14.6 Å². The van der Waals surface area contributed by atoms with Gasteiger partial charge in [-0.1, -0.05) is 0 Å². The van der Waals surface area contributed by atoms with Crippen LogP contribution < -0.4 is 10.2 Å². The van der Waals surface area contributed by atoms with Crippen LogP contribution in [0.2, 0.25) is 0 Å². The molecule has 1 unspecified atom stereocenters. The van der Waals surface area contributed by atoms with E-state index in [9.17, 15) is 13.6 Å². The monoisotopic (exact) mass is 324 g/mol. The third-order valence-electron chi connectivity index (χ3n) is 4.03. The number of aryl methyl sites for hydroxylation is 1. The third-order valence-corrected chi connectivity index (χ3v) is 4.03. The molecule has 7 nitrogen and oxygen atoms in total. The molecule has 1 amide bonds. The number of alkyl halides is 2. The van der Waals surface area contributed by atoms with E-state index in [0.717, 1.165) is 29.8 Å². The van der Waals surface area contributed by atoms with E-state index >= 15 is 0 Å². The lowest BCUT2D eigenvalue weighted by Gasteiger charge is -2.33. The maximum atomic E-state index is 12.2. The van der Waals surface area contributed by atoms with Crippen LogP contribution in [0.3, 0.4) is 0 Å². The van der Waals surface area contributed by atoms with Gasteiger partial charge in [-0.25, -0.2) is 18.7 Å². The molecule has 9 heteroatoms. The zero-order valence-corrected chi connectivity index (χ0v) is 12.7. The van der Waals surface area contributed by atoms with E-state index in [1.165, 1.54) is 6.33 Å². The molecule has 3 rings (SSSR count). The number of anilines is 1. The zero-order valence-electron chi connectivity index (χ0n) is 12.7. The predicted octanol–water partition coefficient (Wildman–Crippen LogP) is 0.961. The average Bonchev–Trinajstić information content (AvgIpc) is 2.94. The molecule has 1 saturated heterocycles. The number of fused-ring (bicyclic) bond motifs is 1. The van der Waals surface area contributed by atoms with Gasteiger partial charge in [-0.15, -0.1) is 0 Å². The Balaban J connectivity index is 1.76. The van der Waals surface area contributed by atoms with Crippen LogP contribution in [-0.2, 0) is 11.8 Å². The van der Waals surface area contributed by atoms with Gasteiger partial charge in [0.2, 0.25) is 5.91 Å². The van der Waals surface area contributed by atoms with Crippen molar-refractivity contribution < 1.29 is 13.6 Å². The molecule has 0 radical (unpaired) electrons. The van der Waals surface area contributed by atoms with Crippen molar-refractivity contribution in [2.24, 2.45) is 13.0 Å². The maximum Gasteiger partial charge on any atom is 0.255 e. The Kier molecular flexibility index (Phi) is 4.35. The van der Waals surface area contributed by atoms with Crippen LogP contribution in [-0.4, -0.2) is 51.7 Å². The summed E-state index contributed by atoms with van der Waals surface area (Å²) in [7, 11) is 1.80. The van der Waals surface area contributed by atoms with E-state index in [-0.39, 0.29) is 11.8 Å². The Morgan fingerprint density at radius 2 is 2.30 bits per heavy atom. The summed E-state index contributed by atoms with van der Waals surface area (Å²) in [5, 5.41) is 7.30. The summed E-state index contributed by atoms with van der Waals surface area (Å²) in [5.41, 5.74) is 0.722. The first kappa shape index (κ1) is 15.6. The second-order valence-electron chi connectivity index (χ2n) is 5.62. The third kappa shape index (κ3) is 3.22. The smallest absolute Gasteiger partial charge is 0.255 e. The van der Waals surface area contributed by atoms with E-state index in [2.05, 4.69) is 20.4 Å². The zero-order chi connectivity index (χ0) is 16.4. The van der Waals surface area contributed by atoms with Gasteiger partial charge in [-0.05, 0) is 12.8 Å². The van der Waals surface area contributed by atoms with Crippen molar-refractivity contribution in [3.05, 3.63) is 12.5 Å². The number of nitrogens with zero attached hydrogens (tertiary/aromatic N) is 5. The molecule has 0 spiro atoms. The van der Waals surface area contributed by atoms with Gasteiger partial charge in [0.15, 0.2) is 5.65 Å². The lowest BCUT2D eigenvalue weighted by atomic mass is 9.97. The molecule has 2 aromatic rings. The Morgan fingerprint density at radius 3 is 3.09 bits per heavy atom. The fourth-order valence-electron chi connectivity index (χ4n) is 2.91. The van der Waals surface area contributed by atoms with Crippen molar-refractivity contribution in [1.82, 2.24) is 25.1 Å². The number of amides is 1. The summed E-state index contributed by atoms with van der Waals surface area (Å²) in [6.45, 7) is 0.616. The molecule has 1 atom stereocenters. The first-order valence-corrected chi connectivity index (χ1v) is 7.49. The lowest BCUT2D eigenvalue weighted by molar-refractivity contribution is -0.125. The summed E-state index contributed by atoms with van der Waals surface area (Å²) in [6, 6.07) is 0. The minimum Gasteiger partial charge on any atom is -0.355 e. The van der Waals surface area contributed by atoms with Crippen molar-refractivity contribution in [2.75, 3.05) is 24.5 Å². The van der Waals surface area contributed by atoms with Gasteiger partial charge < -0.3 is 10.2 Å². The van der Waals surface area contributed by atoms with E-state index in [0.29, 0.717) is 13.0 Å². The number of aromatic nitrogens is 4. The van der Waals surface area contributed by atoms with Gasteiger partial charge in [0.25, 0.3) is 6.43 Å². The molecule has 0 aromatic carbocycles. The number of hydrogen-bond acceptors (Lipinski definition) is 5. The van der Waals surface area contributed by atoms with Crippen LogP contribution in [0.1, 0.15) is 12.8 Å². The number of carbonyl (C=O) groups is 1. The quantitative estimate of drug-likeness (QED) is 0.907. The Hall–Kier alpha value is -2.32. The number of nitrogens with one attached hydrogen (secondary N) is 1. The van der Waals surface area contributed by atoms with Crippen LogP contribution in [0.25, 0.3) is 11.0 Å². The first-order chi connectivity index (χ1) is 11.1. The number of halogens is 2. The molecule has 1 N–H and O–H groups in total. The van der Waals surface area contributed by atoms with Gasteiger partial charge in [-0.2, -0.15) is 5.10 Å². The maximum absolute atomic E-state index is 12.2. The molecule has 3 heterocycles. The van der Waals surface area contributed by atoms with Crippen LogP contribution in [0.5, 0.6) is 0 Å². The van der Waals surface area contributed by atoms with Crippen molar-refractivity contribution in [3.63, 3.8) is 0 Å². The van der Waals surface area contributed by atoms with Gasteiger partial charge in [0, 0.05) is 20.1 Å². The Morgan fingerprint density at radius 1 is 1.48 bits per heavy atom. The second kappa shape index (κ2) is 6.43. The molecule has 1 aliphatic rings. The second-order valence-corrected chi connectivity index (χ2v) is 5.62. The summed E-state index contributed by atoms with van der Waals surface area (Å²) >= 11 is 0. The molecule has 1 fully saturated rings. The number of piperidine rings is 1. The summed E-state index contributed by atoms with van der Waals surface area (Å²) in [4.78, 5) is 22.5. The molecule has 0 bridgehead atoms. The molecule has 0 saturated carbocycles. The Labute approximate surface area is 131 Å². The van der Waals surface area contributed by atoms with E-state index in [4.69, 9.17) is 0 Å². The minimum atomic E-state index is -2.53. The number of hydrogen-bond donors (Lipinski definition) is 1. The van der Waals surface area contributed by atoms with Gasteiger partial charge in [0.05, 0.1) is 24.0 Å². The van der Waals surface area contributed by atoms with Crippen LogP contribution in [0.15, 0.2) is 12.5 Å². The highest BCUT2D eigenvalue weighted by atomic mass is 19.3. The van der Waals surface area contributed by atoms with Crippen LogP contribution in [0, 0.1) is 5.92 Å². The van der Waals surface area contributed by atoms with Crippen molar-refractivity contribution >= 4 is 22.8 Å². The molecule has 2 aromatic heterocycles. The van der Waals surface area contributed by atoms with E-state index in [1.54, 1.807) is 17.9 Å². The number of carbonyl (C=O) groups excluding carboxylic acids is 1. The summed E-state index contributed by atoms with van der Waals surface area (Å²) < 4.78 is 26.1. The summed E-state index contributed by atoms with van der Waals surface area (Å²) in [5.74, 6) is 0.0881. The van der Waals surface area contributed by atoms with E-state index < -0.39 is 13.0 Å². The van der Waals surface area contributed by atoms with Gasteiger partial charge in [-0.3, -0.25) is 9.48 Å². The molecule has 1 aliphatic heterocycles. The molecular formula is C14H18F2N6O. The molecular weight excluding hydrogens is 306 g/mol. The van der Waals surface area contributed by atoms with Gasteiger partial charge in [0.1, 0.15) is 12.1 Å². The molecule has 23 heavy (non-hydrogen) atoms. The molecule has 0 aliphatic carbocycles.